The Hall–Kier alpha value is -6.32. The smallest absolute Gasteiger partial charge is 0.322 e. The van der Waals surface area contributed by atoms with Crippen LogP contribution in [0.5, 0.6) is 5.75 Å². The van der Waals surface area contributed by atoms with Crippen LogP contribution >= 0.6 is 0 Å². The molecule has 21 heteroatoms. The number of aliphatic hydroxyl groups is 1. The van der Waals surface area contributed by atoms with Crippen molar-refractivity contribution in [2.75, 3.05) is 38.0 Å². The molecule has 1 aliphatic rings. The number of carbonyl (C=O) groups is 8. The molecule has 1 aliphatic heterocycles. The third kappa shape index (κ3) is 36.4. The van der Waals surface area contributed by atoms with Gasteiger partial charge in [-0.15, -0.1) is 0 Å². The molecular formula is C56H96N8O13. The van der Waals surface area contributed by atoms with E-state index in [9.17, 15) is 43.5 Å². The number of anilines is 1. The Kier molecular flexibility index (Phi) is 41.3. The lowest BCUT2D eigenvalue weighted by molar-refractivity contribution is -0.184. The van der Waals surface area contributed by atoms with Crippen LogP contribution < -0.4 is 47.7 Å². The van der Waals surface area contributed by atoms with Crippen molar-refractivity contribution in [3.63, 3.8) is 0 Å². The monoisotopic (exact) mass is 1090 g/mol. The van der Waals surface area contributed by atoms with Gasteiger partial charge in [0.05, 0.1) is 30.3 Å². The van der Waals surface area contributed by atoms with E-state index in [0.29, 0.717) is 18.5 Å². The maximum atomic E-state index is 12.9. The molecular weight excluding hydrogens is 993 g/mol. The van der Waals surface area contributed by atoms with Crippen LogP contribution in [0.15, 0.2) is 42.5 Å². The molecule has 1 fully saturated rings. The number of urea groups is 1. The molecule has 3 rings (SSSR count). The summed E-state index contributed by atoms with van der Waals surface area (Å²) in [4.78, 5) is 94.1. The van der Waals surface area contributed by atoms with Crippen LogP contribution in [0.25, 0.3) is 0 Å². The number of hydrogen-bond donors (Lipinski definition) is 10. The number of nitrogens with one attached hydrogen (secondary N) is 7. The third-order valence-electron chi connectivity index (χ3n) is 10.6. The van der Waals surface area contributed by atoms with Gasteiger partial charge in [-0.2, -0.15) is 0 Å². The number of aryl methyl sites for hydroxylation is 2. The lowest BCUT2D eigenvalue weighted by Crippen LogP contribution is -2.51. The van der Waals surface area contributed by atoms with Gasteiger partial charge in [0, 0.05) is 51.4 Å². The lowest BCUT2D eigenvalue weighted by Gasteiger charge is -2.33. The van der Waals surface area contributed by atoms with Crippen LogP contribution in [0.4, 0.5) is 10.5 Å². The maximum Gasteiger partial charge on any atom is 0.322 e. The fourth-order valence-electron chi connectivity index (χ4n) is 6.61. The summed E-state index contributed by atoms with van der Waals surface area (Å²) in [5.41, 5.74) is 8.12. The molecule has 4 atom stereocenters. The van der Waals surface area contributed by atoms with E-state index in [4.69, 9.17) is 25.1 Å². The van der Waals surface area contributed by atoms with E-state index in [2.05, 4.69) is 75.3 Å². The first-order valence-electron chi connectivity index (χ1n) is 27.3. The number of rotatable bonds is 28. The van der Waals surface area contributed by atoms with Crippen molar-refractivity contribution < 1.29 is 62.8 Å². The van der Waals surface area contributed by atoms with Crippen molar-refractivity contribution in [3.8, 4) is 5.75 Å². The SMILES string of the molecule is CC.CC.CC(C)NC(C(=O)NCC(=O)Nc1ccc(COC(=O)C(C)C)cc1OC1CC(O)CC(C(=O)NCCC(=O)NCC(=O)O)O1)C(C)C.CCCCNC(=O)CCCCc1ccc(C)cc1.CCCNC(N)=O. The topological polar surface area (TPSA) is 315 Å². The van der Waals surface area contributed by atoms with Gasteiger partial charge in [-0.05, 0) is 68.2 Å². The van der Waals surface area contributed by atoms with Crippen LogP contribution in [0.3, 0.4) is 0 Å². The molecule has 77 heavy (non-hydrogen) atoms. The van der Waals surface area contributed by atoms with E-state index >= 15 is 0 Å². The summed E-state index contributed by atoms with van der Waals surface area (Å²) in [7, 11) is 0. The number of carboxylic acids is 1. The number of hydrogen-bond acceptors (Lipinski definition) is 13. The fourth-order valence-corrected chi connectivity index (χ4v) is 6.61. The Balaban J connectivity index is 0. The molecule has 1 saturated heterocycles. The highest BCUT2D eigenvalue weighted by Crippen LogP contribution is 2.31. The van der Waals surface area contributed by atoms with Gasteiger partial charge in [-0.1, -0.05) is 125 Å². The molecule has 7 amide bonds. The average molecular weight is 1090 g/mol. The predicted octanol–water partition coefficient (Wildman–Crippen LogP) is 6.16. The first-order valence-corrected chi connectivity index (χ1v) is 27.3. The minimum atomic E-state index is -1.20. The summed E-state index contributed by atoms with van der Waals surface area (Å²) in [6, 6.07) is 12.4. The quantitative estimate of drug-likeness (QED) is 0.0337. The third-order valence-corrected chi connectivity index (χ3v) is 10.6. The number of aliphatic hydroxyl groups excluding tert-OH is 1. The molecule has 11 N–H and O–H groups in total. The Morgan fingerprint density at radius 1 is 0.714 bits per heavy atom. The van der Waals surface area contributed by atoms with Crippen molar-refractivity contribution in [3.05, 3.63) is 59.2 Å². The number of primary amides is 1. The highest BCUT2D eigenvalue weighted by Gasteiger charge is 2.34. The van der Waals surface area contributed by atoms with Gasteiger partial charge < -0.3 is 67.4 Å². The molecule has 0 radical (unpaired) electrons. The molecule has 0 saturated carbocycles. The second-order valence-corrected chi connectivity index (χ2v) is 18.6. The first kappa shape index (κ1) is 72.8. The Morgan fingerprint density at radius 2 is 1.35 bits per heavy atom. The van der Waals surface area contributed by atoms with Gasteiger partial charge in [0.2, 0.25) is 35.8 Å². The number of nitrogens with two attached hydrogens (primary N) is 1. The zero-order chi connectivity index (χ0) is 58.9. The van der Waals surface area contributed by atoms with Gasteiger partial charge in [-0.3, -0.25) is 33.6 Å². The van der Waals surface area contributed by atoms with Gasteiger partial charge in [0.1, 0.15) is 25.0 Å². The predicted molar refractivity (Wildman–Crippen MR) is 300 cm³/mol. The van der Waals surface area contributed by atoms with E-state index in [1.807, 2.05) is 62.3 Å². The second-order valence-electron chi connectivity index (χ2n) is 18.6. The van der Waals surface area contributed by atoms with Crippen molar-refractivity contribution in [2.45, 2.75) is 191 Å². The lowest BCUT2D eigenvalue weighted by atomic mass is 10.0. The largest absolute Gasteiger partial charge is 0.480 e. The number of esters is 1. The second kappa shape index (κ2) is 43.7. The van der Waals surface area contributed by atoms with Crippen LogP contribution in [-0.4, -0.2) is 121 Å². The normalized spacial score (nSPS) is 14.6. The molecule has 0 spiro atoms. The molecule has 438 valence electrons. The summed E-state index contributed by atoms with van der Waals surface area (Å²) in [5.74, 6) is -3.74. The van der Waals surface area contributed by atoms with E-state index < -0.39 is 66.8 Å². The number of carboxylic acid groups (broad SMARTS) is 1. The molecule has 1 heterocycles. The first-order chi connectivity index (χ1) is 36.5. The van der Waals surface area contributed by atoms with Crippen LogP contribution in [-0.2, 0) is 56.1 Å². The summed E-state index contributed by atoms with van der Waals surface area (Å²) >= 11 is 0. The van der Waals surface area contributed by atoms with Crippen LogP contribution in [0, 0.1) is 18.8 Å². The summed E-state index contributed by atoms with van der Waals surface area (Å²) in [6.45, 7) is 25.7. The van der Waals surface area contributed by atoms with E-state index in [1.165, 1.54) is 23.3 Å². The number of benzene rings is 2. The van der Waals surface area contributed by atoms with Crippen molar-refractivity contribution >= 4 is 53.2 Å². The number of amides is 7. The summed E-state index contributed by atoms with van der Waals surface area (Å²) in [6.07, 6.45) is 3.44. The number of ether oxygens (including phenoxy) is 3. The van der Waals surface area contributed by atoms with Crippen molar-refractivity contribution in [1.29, 1.82) is 0 Å². The highest BCUT2D eigenvalue weighted by molar-refractivity contribution is 5.96. The van der Waals surface area contributed by atoms with Crippen molar-refractivity contribution in [1.82, 2.24) is 31.9 Å². The Labute approximate surface area is 458 Å². The van der Waals surface area contributed by atoms with Crippen LogP contribution in [0.2, 0.25) is 0 Å². The van der Waals surface area contributed by atoms with Crippen molar-refractivity contribution in [2.24, 2.45) is 17.6 Å². The zero-order valence-corrected chi connectivity index (χ0v) is 48.4. The van der Waals surface area contributed by atoms with E-state index in [-0.39, 0.29) is 80.1 Å². The molecule has 0 aromatic heterocycles. The summed E-state index contributed by atoms with van der Waals surface area (Å²) < 4.78 is 17.2. The minimum Gasteiger partial charge on any atom is -0.480 e. The molecule has 0 aliphatic carbocycles. The minimum absolute atomic E-state index is 0.0170. The fraction of sp³-hybridized carbons (Fsp3) is 0.643. The molecule has 2 aromatic rings. The molecule has 0 bridgehead atoms. The average Bonchev–Trinajstić information content (AvgIpc) is 3.38. The van der Waals surface area contributed by atoms with Gasteiger partial charge in [0.15, 0.2) is 0 Å². The molecule has 4 unspecified atom stereocenters. The standard InChI is InChI=1S/C32H49N5O11.C16H25NO.C4H10N2O.2C2H6/c1-17(2)29(36-19(5)6)31(44)35-14-26(40)37-22-8-7-20(16-46-32(45)18(3)4)11-23(22)47-28-13-21(38)12-24(48-28)30(43)33-10-9-25(39)34-15-27(41)42;1-3-4-13-17-16(18)8-6-5-7-15-11-9-14(2)10-12-15;1-2-3-6-4(5)7;2*1-2/h7-8,11,17-19,21,24,28-29,36,38H,9-10,12-16H2,1-6H3,(H,33,43)(H,34,39)(H,35,44)(H,37,40)(H,41,42);9-12H,3-8,13H2,1-2H3,(H,17,18);2-3H2,1H3,(H3,5,6,7);2*1-2H3. The Morgan fingerprint density at radius 3 is 1.91 bits per heavy atom. The van der Waals surface area contributed by atoms with Crippen LogP contribution in [0.1, 0.15) is 158 Å². The number of aliphatic carboxylic acids is 1. The van der Waals surface area contributed by atoms with E-state index in [0.717, 1.165) is 45.1 Å². The van der Waals surface area contributed by atoms with Gasteiger partial charge in [-0.25, -0.2) is 4.79 Å². The van der Waals surface area contributed by atoms with E-state index in [1.54, 1.807) is 19.9 Å². The summed E-state index contributed by atoms with van der Waals surface area (Å²) in [5, 5.41) is 37.8. The molecule has 2 aromatic carbocycles. The zero-order valence-electron chi connectivity index (χ0n) is 48.4. The highest BCUT2D eigenvalue weighted by atomic mass is 16.7. The maximum absolute atomic E-state index is 12.9. The van der Waals surface area contributed by atoms with Gasteiger partial charge in [0.25, 0.3) is 0 Å². The Bertz CT molecular complexity index is 2020. The number of carbonyl (C=O) groups excluding carboxylic acids is 7. The molecule has 21 nitrogen and oxygen atoms in total. The number of unbranched alkanes of at least 4 members (excludes halogenated alkanes) is 2. The van der Waals surface area contributed by atoms with Gasteiger partial charge >= 0.3 is 18.0 Å².